The SMILES string of the molecule is CN(CCCCc1ccccc1)C(=O)[C@@H](N)C(C)(C)C.Cl. The summed E-state index contributed by atoms with van der Waals surface area (Å²) in [5, 5.41) is 0. The van der Waals surface area contributed by atoms with Crippen LogP contribution in [0.25, 0.3) is 0 Å². The Bertz CT molecular complexity index is 415. The maximum Gasteiger partial charge on any atom is 0.239 e. The molecular formula is C17H29ClN2O. The Kier molecular flexibility index (Phi) is 8.60. The Morgan fingerprint density at radius 1 is 1.19 bits per heavy atom. The Morgan fingerprint density at radius 3 is 2.29 bits per heavy atom. The number of carbonyl (C=O) groups excluding carboxylic acids is 1. The van der Waals surface area contributed by atoms with E-state index < -0.39 is 6.04 Å². The minimum Gasteiger partial charge on any atom is -0.344 e. The van der Waals surface area contributed by atoms with Gasteiger partial charge in [0.25, 0.3) is 0 Å². The van der Waals surface area contributed by atoms with Gasteiger partial charge in [0, 0.05) is 13.6 Å². The number of rotatable bonds is 6. The second-order valence-electron chi connectivity index (χ2n) is 6.55. The molecule has 120 valence electrons. The predicted octanol–water partition coefficient (Wildman–Crippen LogP) is 3.26. The molecule has 0 heterocycles. The van der Waals surface area contributed by atoms with Crippen molar-refractivity contribution in [2.75, 3.05) is 13.6 Å². The number of benzene rings is 1. The van der Waals surface area contributed by atoms with E-state index in [-0.39, 0.29) is 23.7 Å². The van der Waals surface area contributed by atoms with Gasteiger partial charge in [0.1, 0.15) is 0 Å². The first kappa shape index (κ1) is 19.9. The van der Waals surface area contributed by atoms with E-state index in [0.717, 1.165) is 25.8 Å². The van der Waals surface area contributed by atoms with Crippen LogP contribution in [0.4, 0.5) is 0 Å². The van der Waals surface area contributed by atoms with Crippen LogP contribution < -0.4 is 5.73 Å². The largest absolute Gasteiger partial charge is 0.344 e. The highest BCUT2D eigenvalue weighted by molar-refractivity contribution is 5.85. The lowest BCUT2D eigenvalue weighted by atomic mass is 9.86. The number of amides is 1. The molecular weight excluding hydrogens is 284 g/mol. The van der Waals surface area contributed by atoms with Gasteiger partial charge in [-0.3, -0.25) is 4.79 Å². The summed E-state index contributed by atoms with van der Waals surface area (Å²) in [5.74, 6) is 0.0391. The van der Waals surface area contributed by atoms with Crippen molar-refractivity contribution in [1.29, 1.82) is 0 Å². The summed E-state index contributed by atoms with van der Waals surface area (Å²) in [4.78, 5) is 13.9. The molecule has 0 radical (unpaired) electrons. The fourth-order valence-electron chi connectivity index (χ4n) is 2.04. The summed E-state index contributed by atoms with van der Waals surface area (Å²) in [6.07, 6.45) is 3.16. The van der Waals surface area contributed by atoms with E-state index in [1.807, 2.05) is 33.9 Å². The van der Waals surface area contributed by atoms with Gasteiger partial charge in [-0.2, -0.15) is 0 Å². The molecule has 1 amide bonds. The molecule has 3 nitrogen and oxygen atoms in total. The molecule has 0 spiro atoms. The molecule has 0 bridgehead atoms. The number of carbonyl (C=O) groups is 1. The summed E-state index contributed by atoms with van der Waals surface area (Å²) in [6, 6.07) is 10.0. The first-order valence-corrected chi connectivity index (χ1v) is 7.37. The lowest BCUT2D eigenvalue weighted by molar-refractivity contribution is -0.133. The molecule has 0 fully saturated rings. The van der Waals surface area contributed by atoms with Crippen LogP contribution in [-0.2, 0) is 11.2 Å². The molecule has 0 saturated carbocycles. The average Bonchev–Trinajstić information content (AvgIpc) is 2.41. The van der Waals surface area contributed by atoms with Crippen molar-refractivity contribution < 1.29 is 4.79 Å². The molecule has 0 aliphatic carbocycles. The number of aryl methyl sites for hydroxylation is 1. The zero-order valence-electron chi connectivity index (χ0n) is 13.6. The molecule has 0 aliphatic heterocycles. The predicted molar refractivity (Wildman–Crippen MR) is 91.7 cm³/mol. The zero-order chi connectivity index (χ0) is 15.2. The van der Waals surface area contributed by atoms with E-state index in [4.69, 9.17) is 5.73 Å². The fraction of sp³-hybridized carbons (Fsp3) is 0.588. The number of hydrogen-bond donors (Lipinski definition) is 1. The summed E-state index contributed by atoms with van der Waals surface area (Å²) < 4.78 is 0. The van der Waals surface area contributed by atoms with Gasteiger partial charge in [-0.25, -0.2) is 0 Å². The summed E-state index contributed by atoms with van der Waals surface area (Å²) in [6.45, 7) is 6.77. The van der Waals surface area contributed by atoms with Gasteiger partial charge < -0.3 is 10.6 Å². The number of unbranched alkanes of at least 4 members (excludes halogenated alkanes) is 1. The van der Waals surface area contributed by atoms with Crippen molar-refractivity contribution in [2.24, 2.45) is 11.1 Å². The smallest absolute Gasteiger partial charge is 0.239 e. The monoisotopic (exact) mass is 312 g/mol. The minimum absolute atomic E-state index is 0. The van der Waals surface area contributed by atoms with Gasteiger partial charge in [0.2, 0.25) is 5.91 Å². The third-order valence-corrected chi connectivity index (χ3v) is 3.63. The van der Waals surface area contributed by atoms with Gasteiger partial charge in [0.05, 0.1) is 6.04 Å². The summed E-state index contributed by atoms with van der Waals surface area (Å²) in [5.41, 5.74) is 7.17. The second-order valence-corrected chi connectivity index (χ2v) is 6.55. The highest BCUT2D eigenvalue weighted by atomic mass is 35.5. The first-order chi connectivity index (χ1) is 9.32. The number of nitrogens with two attached hydrogens (primary N) is 1. The maximum atomic E-state index is 12.2. The number of halogens is 1. The Labute approximate surface area is 135 Å². The Hall–Kier alpha value is -1.06. The number of hydrogen-bond acceptors (Lipinski definition) is 2. The minimum atomic E-state index is -0.429. The fourth-order valence-corrected chi connectivity index (χ4v) is 2.04. The van der Waals surface area contributed by atoms with Crippen LogP contribution >= 0.6 is 12.4 Å². The molecule has 21 heavy (non-hydrogen) atoms. The lowest BCUT2D eigenvalue weighted by Crippen LogP contribution is -2.49. The van der Waals surface area contributed by atoms with Gasteiger partial charge in [-0.05, 0) is 30.2 Å². The van der Waals surface area contributed by atoms with E-state index in [2.05, 4.69) is 24.3 Å². The summed E-state index contributed by atoms with van der Waals surface area (Å²) >= 11 is 0. The van der Waals surface area contributed by atoms with Crippen molar-refractivity contribution in [2.45, 2.75) is 46.1 Å². The van der Waals surface area contributed by atoms with Gasteiger partial charge in [0.15, 0.2) is 0 Å². The van der Waals surface area contributed by atoms with Crippen LogP contribution in [-0.4, -0.2) is 30.4 Å². The van der Waals surface area contributed by atoms with E-state index in [9.17, 15) is 4.79 Å². The lowest BCUT2D eigenvalue weighted by Gasteiger charge is -2.30. The van der Waals surface area contributed by atoms with Crippen molar-refractivity contribution >= 4 is 18.3 Å². The Morgan fingerprint density at radius 2 is 1.76 bits per heavy atom. The van der Waals surface area contributed by atoms with Crippen LogP contribution in [0.15, 0.2) is 30.3 Å². The highest BCUT2D eigenvalue weighted by Crippen LogP contribution is 2.18. The van der Waals surface area contributed by atoms with Crippen LogP contribution in [0, 0.1) is 5.41 Å². The zero-order valence-corrected chi connectivity index (χ0v) is 14.5. The average molecular weight is 313 g/mol. The second kappa shape index (κ2) is 9.06. The molecule has 1 aromatic carbocycles. The molecule has 0 unspecified atom stereocenters. The Balaban J connectivity index is 0.00000400. The maximum absolute atomic E-state index is 12.2. The van der Waals surface area contributed by atoms with Crippen molar-refractivity contribution in [1.82, 2.24) is 4.90 Å². The molecule has 1 aromatic rings. The third kappa shape index (κ3) is 6.96. The molecule has 0 aromatic heterocycles. The third-order valence-electron chi connectivity index (χ3n) is 3.63. The first-order valence-electron chi connectivity index (χ1n) is 7.37. The van der Waals surface area contributed by atoms with Crippen LogP contribution in [0.5, 0.6) is 0 Å². The normalized spacial score (nSPS) is 12.4. The van der Waals surface area contributed by atoms with Crippen molar-refractivity contribution in [3.8, 4) is 0 Å². The van der Waals surface area contributed by atoms with Crippen LogP contribution in [0.2, 0.25) is 0 Å². The topological polar surface area (TPSA) is 46.3 Å². The molecule has 2 N–H and O–H groups in total. The van der Waals surface area contributed by atoms with Crippen molar-refractivity contribution in [3.63, 3.8) is 0 Å². The molecule has 0 saturated heterocycles. The molecule has 0 aliphatic rings. The van der Waals surface area contributed by atoms with E-state index in [1.54, 1.807) is 4.90 Å². The molecule has 1 rings (SSSR count). The quantitative estimate of drug-likeness (QED) is 0.820. The van der Waals surface area contributed by atoms with Gasteiger partial charge >= 0.3 is 0 Å². The van der Waals surface area contributed by atoms with Crippen LogP contribution in [0.3, 0.4) is 0 Å². The molecule has 1 atom stereocenters. The summed E-state index contributed by atoms with van der Waals surface area (Å²) in [7, 11) is 1.84. The van der Waals surface area contributed by atoms with E-state index in [0.29, 0.717) is 0 Å². The molecule has 4 heteroatoms. The van der Waals surface area contributed by atoms with Gasteiger partial charge in [-0.15, -0.1) is 12.4 Å². The number of nitrogens with zero attached hydrogens (tertiary/aromatic N) is 1. The van der Waals surface area contributed by atoms with E-state index in [1.165, 1.54) is 5.56 Å². The highest BCUT2D eigenvalue weighted by Gasteiger charge is 2.29. The number of likely N-dealkylation sites (N-methyl/N-ethyl adjacent to an activating group) is 1. The van der Waals surface area contributed by atoms with Crippen LogP contribution in [0.1, 0.15) is 39.2 Å². The van der Waals surface area contributed by atoms with Crippen molar-refractivity contribution in [3.05, 3.63) is 35.9 Å². The van der Waals surface area contributed by atoms with E-state index >= 15 is 0 Å². The van der Waals surface area contributed by atoms with Gasteiger partial charge in [-0.1, -0.05) is 51.1 Å². The standard InChI is InChI=1S/C17H28N2O.ClH/c1-17(2,3)15(18)16(20)19(4)13-9-8-12-14-10-6-5-7-11-14;/h5-7,10-11,15H,8-9,12-13,18H2,1-4H3;1H/t15-;/m1./s1.